The molecule has 4 fully saturated rings. The minimum Gasteiger partial charge on any atom is -0.456 e. The van der Waals surface area contributed by atoms with Gasteiger partial charge in [-0.05, 0) is 133 Å². The molecule has 0 N–H and O–H groups in total. The van der Waals surface area contributed by atoms with Crippen molar-refractivity contribution in [1.29, 1.82) is 0 Å². The number of hydrogen-bond donors (Lipinski definition) is 0. The molecule has 1 spiro atoms. The third-order valence-corrected chi connectivity index (χ3v) is 12.4. The fraction of sp³-hybridized carbons (Fsp3) is 0.525. The number of aryl methyl sites for hydroxylation is 2. The zero-order chi connectivity index (χ0) is 31.2. The number of rotatable bonds is 7. The first-order valence-electron chi connectivity index (χ1n) is 17.7. The fourth-order valence-electron chi connectivity index (χ4n) is 11.0. The molecule has 0 atom stereocenters. The molecule has 45 heavy (non-hydrogen) atoms. The SMILES string of the molecule is CCN(CC)c1cc2c(cc1C)C1(c3cc(C)c(N(CC)CC)cc3O2)c2ccccc2C(=O)N1C12CC3CC(CC(C3)C1)C2. The van der Waals surface area contributed by atoms with Gasteiger partial charge in [0.15, 0.2) is 0 Å². The van der Waals surface area contributed by atoms with Crippen molar-refractivity contribution >= 4 is 17.3 Å². The molecule has 1 amide bonds. The Morgan fingerprint density at radius 2 is 1.18 bits per heavy atom. The largest absolute Gasteiger partial charge is 0.456 e. The van der Waals surface area contributed by atoms with Crippen LogP contribution in [-0.2, 0) is 5.54 Å². The van der Waals surface area contributed by atoms with E-state index in [0.29, 0.717) is 0 Å². The van der Waals surface area contributed by atoms with E-state index in [9.17, 15) is 0 Å². The lowest BCUT2D eigenvalue weighted by Gasteiger charge is -2.63. The Kier molecular flexibility index (Phi) is 6.61. The summed E-state index contributed by atoms with van der Waals surface area (Å²) in [7, 11) is 0. The fourth-order valence-corrected chi connectivity index (χ4v) is 11.0. The summed E-state index contributed by atoms with van der Waals surface area (Å²) < 4.78 is 7.06. The highest BCUT2D eigenvalue weighted by atomic mass is 16.5. The first-order chi connectivity index (χ1) is 21.8. The first-order valence-corrected chi connectivity index (χ1v) is 17.7. The Balaban J connectivity index is 1.46. The third kappa shape index (κ3) is 3.88. The first kappa shape index (κ1) is 29.0. The summed E-state index contributed by atoms with van der Waals surface area (Å²) in [4.78, 5) is 22.5. The van der Waals surface area contributed by atoms with Crippen LogP contribution in [0.5, 0.6) is 11.5 Å². The van der Waals surface area contributed by atoms with Crippen LogP contribution in [0.25, 0.3) is 0 Å². The van der Waals surface area contributed by atoms with Crippen molar-refractivity contribution in [2.24, 2.45) is 17.8 Å². The summed E-state index contributed by atoms with van der Waals surface area (Å²) >= 11 is 0. The van der Waals surface area contributed by atoms with E-state index in [2.05, 4.69) is 105 Å². The molecule has 0 radical (unpaired) electrons. The Labute approximate surface area is 269 Å². The van der Waals surface area contributed by atoms with Gasteiger partial charge >= 0.3 is 0 Å². The Morgan fingerprint density at radius 3 is 1.64 bits per heavy atom. The minimum atomic E-state index is -0.735. The van der Waals surface area contributed by atoms with Gasteiger partial charge in [0.05, 0.1) is 0 Å². The van der Waals surface area contributed by atoms with Crippen LogP contribution in [0.4, 0.5) is 11.4 Å². The smallest absolute Gasteiger partial charge is 0.255 e. The summed E-state index contributed by atoms with van der Waals surface area (Å²) in [6, 6.07) is 17.8. The number of fused-ring (bicyclic) bond motifs is 6. The van der Waals surface area contributed by atoms with Crippen molar-refractivity contribution in [3.63, 3.8) is 0 Å². The second-order valence-corrected chi connectivity index (χ2v) is 14.8. The van der Waals surface area contributed by atoms with E-state index >= 15 is 4.79 Å². The molecular formula is C40H49N3O2. The molecule has 4 aliphatic carbocycles. The van der Waals surface area contributed by atoms with Crippen LogP contribution in [0.1, 0.15) is 104 Å². The van der Waals surface area contributed by atoms with Crippen molar-refractivity contribution in [2.75, 3.05) is 36.0 Å². The molecule has 4 saturated carbocycles. The highest BCUT2D eigenvalue weighted by Crippen LogP contribution is 2.66. The van der Waals surface area contributed by atoms with E-state index in [4.69, 9.17) is 4.74 Å². The van der Waals surface area contributed by atoms with Gasteiger partial charge in [-0.3, -0.25) is 4.79 Å². The highest BCUT2D eigenvalue weighted by Gasteiger charge is 2.65. The summed E-state index contributed by atoms with van der Waals surface area (Å²) in [6.07, 6.45) is 7.40. The molecule has 3 aromatic carbocycles. The van der Waals surface area contributed by atoms with Crippen LogP contribution < -0.4 is 14.5 Å². The van der Waals surface area contributed by atoms with Gasteiger partial charge in [-0.15, -0.1) is 0 Å². The van der Waals surface area contributed by atoms with Crippen LogP contribution >= 0.6 is 0 Å². The molecule has 3 aromatic rings. The Bertz CT molecular complexity index is 1580. The normalized spacial score (nSPS) is 26.5. The molecule has 5 heteroatoms. The molecule has 9 rings (SSSR count). The lowest BCUT2D eigenvalue weighted by molar-refractivity contribution is -0.0939. The maximum Gasteiger partial charge on any atom is 0.255 e. The average molecular weight is 604 g/mol. The molecule has 5 nitrogen and oxygen atoms in total. The Hall–Kier alpha value is -3.47. The summed E-state index contributed by atoms with van der Waals surface area (Å²) in [5.41, 5.74) is 8.28. The van der Waals surface area contributed by atoms with E-state index in [-0.39, 0.29) is 11.4 Å². The van der Waals surface area contributed by atoms with Gasteiger partial charge in [0, 0.05) is 71.9 Å². The second kappa shape index (κ2) is 10.3. The molecule has 236 valence electrons. The second-order valence-electron chi connectivity index (χ2n) is 14.8. The number of anilines is 2. The van der Waals surface area contributed by atoms with Gasteiger partial charge in [0.25, 0.3) is 5.91 Å². The molecule has 0 aromatic heterocycles. The maximum absolute atomic E-state index is 15.2. The van der Waals surface area contributed by atoms with Gasteiger partial charge in [0.1, 0.15) is 17.0 Å². The van der Waals surface area contributed by atoms with Crippen molar-refractivity contribution < 1.29 is 9.53 Å². The Morgan fingerprint density at radius 1 is 0.711 bits per heavy atom. The van der Waals surface area contributed by atoms with Crippen molar-refractivity contribution in [3.05, 3.63) is 81.9 Å². The van der Waals surface area contributed by atoms with E-state index < -0.39 is 5.54 Å². The van der Waals surface area contributed by atoms with Gasteiger partial charge in [0.2, 0.25) is 0 Å². The standard InChI is InChI=1S/C40H49N3O2/c1-7-41(8-2)34-20-36-32(15-25(34)5)40(33-16-26(6)35(21-37(33)45-36)42(9-3)10-4)31-14-12-11-13-30(31)38(44)43(40)39-22-27-17-28(23-39)19-29(18-27)24-39/h11-16,20-21,27-29H,7-10,17-19,22-24H2,1-6H3. The number of amides is 1. The quantitative estimate of drug-likeness (QED) is 0.270. The number of hydrogen-bond acceptors (Lipinski definition) is 4. The summed E-state index contributed by atoms with van der Waals surface area (Å²) in [6.45, 7) is 17.1. The lowest BCUT2D eigenvalue weighted by Crippen LogP contribution is -2.66. The van der Waals surface area contributed by atoms with E-state index in [1.165, 1.54) is 41.8 Å². The van der Waals surface area contributed by atoms with Gasteiger partial charge in [-0.1, -0.05) is 18.2 Å². The molecule has 4 bridgehead atoms. The van der Waals surface area contributed by atoms with Crippen molar-refractivity contribution in [3.8, 4) is 11.5 Å². The van der Waals surface area contributed by atoms with Gasteiger partial charge in [-0.2, -0.15) is 0 Å². The molecule has 2 aliphatic heterocycles. The van der Waals surface area contributed by atoms with E-state index in [0.717, 1.165) is 96.9 Å². The summed E-state index contributed by atoms with van der Waals surface area (Å²) in [5.74, 6) is 4.17. The molecular weight excluding hydrogens is 554 g/mol. The lowest BCUT2D eigenvalue weighted by atomic mass is 9.51. The summed E-state index contributed by atoms with van der Waals surface area (Å²) in [5, 5.41) is 0. The number of carbonyl (C=O) groups is 1. The van der Waals surface area contributed by atoms with Gasteiger partial charge in [-0.25, -0.2) is 0 Å². The van der Waals surface area contributed by atoms with Crippen LogP contribution in [0.15, 0.2) is 48.5 Å². The third-order valence-electron chi connectivity index (χ3n) is 12.4. The number of ether oxygens (including phenoxy) is 1. The molecule has 0 saturated heterocycles. The monoisotopic (exact) mass is 603 g/mol. The highest BCUT2D eigenvalue weighted by molar-refractivity contribution is 6.03. The average Bonchev–Trinajstić information content (AvgIpc) is 3.29. The van der Waals surface area contributed by atoms with Crippen LogP contribution in [0.3, 0.4) is 0 Å². The van der Waals surface area contributed by atoms with Gasteiger partial charge < -0.3 is 19.4 Å². The predicted molar refractivity (Wildman–Crippen MR) is 183 cm³/mol. The zero-order valence-corrected chi connectivity index (χ0v) is 28.1. The predicted octanol–water partition coefficient (Wildman–Crippen LogP) is 8.82. The topological polar surface area (TPSA) is 36.0 Å². The van der Waals surface area contributed by atoms with Crippen LogP contribution in [0, 0.1) is 31.6 Å². The van der Waals surface area contributed by atoms with E-state index in [1.54, 1.807) is 0 Å². The molecule has 0 unspecified atom stereocenters. The van der Waals surface area contributed by atoms with Crippen LogP contribution in [-0.4, -0.2) is 42.5 Å². The molecule has 2 heterocycles. The zero-order valence-electron chi connectivity index (χ0n) is 28.1. The number of carbonyl (C=O) groups excluding carboxylic acids is 1. The maximum atomic E-state index is 15.2. The molecule has 6 aliphatic rings. The van der Waals surface area contributed by atoms with Crippen molar-refractivity contribution in [1.82, 2.24) is 4.90 Å². The van der Waals surface area contributed by atoms with E-state index in [1.807, 2.05) is 0 Å². The van der Waals surface area contributed by atoms with Crippen molar-refractivity contribution in [2.45, 2.75) is 91.1 Å². The minimum absolute atomic E-state index is 0.145. The number of nitrogens with zero attached hydrogens (tertiary/aromatic N) is 3. The number of benzene rings is 3. The van der Waals surface area contributed by atoms with Crippen LogP contribution in [0.2, 0.25) is 0 Å².